The molecule has 2 rings (SSSR count). The van der Waals surface area contributed by atoms with E-state index in [0.29, 0.717) is 10.2 Å². The van der Waals surface area contributed by atoms with E-state index in [1.807, 2.05) is 6.07 Å². The van der Waals surface area contributed by atoms with Crippen LogP contribution in [0.15, 0.2) is 46.9 Å². The van der Waals surface area contributed by atoms with Gasteiger partial charge in [-0.25, -0.2) is 0 Å². The molecule has 20 heavy (non-hydrogen) atoms. The summed E-state index contributed by atoms with van der Waals surface area (Å²) in [4.78, 5) is 22.6. The van der Waals surface area contributed by atoms with Crippen LogP contribution in [0.4, 0.5) is 11.4 Å². The summed E-state index contributed by atoms with van der Waals surface area (Å²) in [6, 6.07) is 11.5. The van der Waals surface area contributed by atoms with Crippen molar-refractivity contribution in [1.29, 1.82) is 0 Å². The Morgan fingerprint density at radius 2 is 1.95 bits per heavy atom. The highest BCUT2D eigenvalue weighted by molar-refractivity contribution is 9.10. The van der Waals surface area contributed by atoms with Crippen LogP contribution in [-0.2, 0) is 0 Å². The first-order valence-corrected chi connectivity index (χ1v) is 6.59. The molecule has 0 saturated carbocycles. The topological polar surface area (TPSA) is 72.2 Å². The number of halogens is 1. The molecule has 2 aromatic rings. The molecular formula is C14H11BrN2O3. The van der Waals surface area contributed by atoms with Crippen LogP contribution in [0, 0.1) is 17.0 Å². The van der Waals surface area contributed by atoms with Crippen molar-refractivity contribution in [3.63, 3.8) is 0 Å². The van der Waals surface area contributed by atoms with Gasteiger partial charge in [0.05, 0.1) is 10.6 Å². The number of rotatable bonds is 3. The standard InChI is InChI=1S/C14H11BrN2O3/c1-9-6-7-13(17(19)20)10(8-9)14(18)16-12-5-3-2-4-11(12)15/h2-8H,1H3,(H,16,18). The molecule has 1 amide bonds. The van der Waals surface area contributed by atoms with Gasteiger partial charge >= 0.3 is 0 Å². The minimum atomic E-state index is -0.561. The van der Waals surface area contributed by atoms with Gasteiger partial charge in [0, 0.05) is 10.5 Å². The van der Waals surface area contributed by atoms with Crippen LogP contribution >= 0.6 is 15.9 Å². The summed E-state index contributed by atoms with van der Waals surface area (Å²) in [5.74, 6) is -0.507. The van der Waals surface area contributed by atoms with Gasteiger partial charge in [-0.2, -0.15) is 0 Å². The van der Waals surface area contributed by atoms with E-state index in [4.69, 9.17) is 0 Å². The highest BCUT2D eigenvalue weighted by Crippen LogP contribution is 2.25. The van der Waals surface area contributed by atoms with Gasteiger partial charge in [0.15, 0.2) is 0 Å². The third-order valence-corrected chi connectivity index (χ3v) is 3.41. The second-order valence-corrected chi connectivity index (χ2v) is 5.07. The van der Waals surface area contributed by atoms with Crippen molar-refractivity contribution in [1.82, 2.24) is 0 Å². The predicted molar refractivity (Wildman–Crippen MR) is 79.9 cm³/mol. The maximum absolute atomic E-state index is 12.2. The molecule has 6 heteroatoms. The molecule has 0 aliphatic carbocycles. The van der Waals surface area contributed by atoms with Crippen molar-refractivity contribution in [2.24, 2.45) is 0 Å². The average Bonchev–Trinajstić information content (AvgIpc) is 2.40. The molecule has 0 spiro atoms. The molecule has 0 unspecified atom stereocenters. The SMILES string of the molecule is Cc1ccc([N+](=O)[O-])c(C(=O)Nc2ccccc2Br)c1. The number of carbonyl (C=O) groups is 1. The van der Waals surface area contributed by atoms with Gasteiger partial charge in [-0.05, 0) is 46.6 Å². The molecule has 1 N–H and O–H groups in total. The number of carbonyl (C=O) groups excluding carboxylic acids is 1. The van der Waals surface area contributed by atoms with Crippen LogP contribution in [-0.4, -0.2) is 10.8 Å². The summed E-state index contributed by atoms with van der Waals surface area (Å²) in [6.07, 6.45) is 0. The number of nitrogens with one attached hydrogen (secondary N) is 1. The van der Waals surface area contributed by atoms with Crippen molar-refractivity contribution in [2.75, 3.05) is 5.32 Å². The quantitative estimate of drug-likeness (QED) is 0.683. The number of anilines is 1. The highest BCUT2D eigenvalue weighted by atomic mass is 79.9. The van der Waals surface area contributed by atoms with Gasteiger partial charge in [-0.3, -0.25) is 14.9 Å². The van der Waals surface area contributed by atoms with E-state index < -0.39 is 10.8 Å². The zero-order valence-corrected chi connectivity index (χ0v) is 12.2. The third-order valence-electron chi connectivity index (χ3n) is 2.72. The smallest absolute Gasteiger partial charge is 0.282 e. The minimum absolute atomic E-state index is 0.0470. The molecule has 0 atom stereocenters. The largest absolute Gasteiger partial charge is 0.321 e. The fourth-order valence-corrected chi connectivity index (χ4v) is 2.13. The fourth-order valence-electron chi connectivity index (χ4n) is 1.74. The van der Waals surface area contributed by atoms with Gasteiger partial charge in [0.1, 0.15) is 5.56 Å². The molecule has 0 aliphatic rings. The number of para-hydroxylation sites is 1. The number of nitro benzene ring substituents is 1. The number of aryl methyl sites for hydroxylation is 1. The minimum Gasteiger partial charge on any atom is -0.321 e. The first-order chi connectivity index (χ1) is 9.49. The first-order valence-electron chi connectivity index (χ1n) is 5.80. The Hall–Kier alpha value is -2.21. The Bertz CT molecular complexity index is 686. The van der Waals surface area contributed by atoms with Crippen LogP contribution in [0.5, 0.6) is 0 Å². The Morgan fingerprint density at radius 1 is 1.25 bits per heavy atom. The summed E-state index contributed by atoms with van der Waals surface area (Å²) in [5.41, 5.74) is 1.19. The van der Waals surface area contributed by atoms with E-state index in [9.17, 15) is 14.9 Å². The zero-order chi connectivity index (χ0) is 14.7. The van der Waals surface area contributed by atoms with E-state index in [0.717, 1.165) is 5.56 Å². The summed E-state index contributed by atoms with van der Waals surface area (Å²) >= 11 is 3.31. The van der Waals surface area contributed by atoms with E-state index in [-0.39, 0.29) is 11.3 Å². The summed E-state index contributed by atoms with van der Waals surface area (Å²) < 4.78 is 0.712. The number of hydrogen-bond acceptors (Lipinski definition) is 3. The molecular weight excluding hydrogens is 324 g/mol. The summed E-state index contributed by atoms with van der Waals surface area (Å²) in [6.45, 7) is 1.78. The maximum Gasteiger partial charge on any atom is 0.282 e. The fraction of sp³-hybridized carbons (Fsp3) is 0.0714. The van der Waals surface area contributed by atoms with E-state index in [1.165, 1.54) is 12.1 Å². The van der Waals surface area contributed by atoms with Gasteiger partial charge in [-0.15, -0.1) is 0 Å². The van der Waals surface area contributed by atoms with Crippen LogP contribution in [0.25, 0.3) is 0 Å². The Morgan fingerprint density at radius 3 is 2.60 bits per heavy atom. The molecule has 0 aromatic heterocycles. The van der Waals surface area contributed by atoms with Crippen molar-refractivity contribution in [3.05, 3.63) is 68.2 Å². The summed E-state index contributed by atoms with van der Waals surface area (Å²) in [5, 5.41) is 13.6. The second-order valence-electron chi connectivity index (χ2n) is 4.21. The van der Waals surface area contributed by atoms with Gasteiger partial charge < -0.3 is 5.32 Å². The molecule has 0 fully saturated rings. The molecule has 0 heterocycles. The Kier molecular flexibility index (Phi) is 4.14. The lowest BCUT2D eigenvalue weighted by atomic mass is 10.1. The summed E-state index contributed by atoms with van der Waals surface area (Å²) in [7, 11) is 0. The number of benzene rings is 2. The van der Waals surface area contributed by atoms with E-state index in [2.05, 4.69) is 21.2 Å². The van der Waals surface area contributed by atoms with Crippen LogP contribution in [0.1, 0.15) is 15.9 Å². The normalized spacial score (nSPS) is 10.1. The molecule has 5 nitrogen and oxygen atoms in total. The van der Waals surface area contributed by atoms with E-state index >= 15 is 0 Å². The number of nitro groups is 1. The Labute approximate surface area is 123 Å². The molecule has 0 bridgehead atoms. The van der Waals surface area contributed by atoms with Crippen LogP contribution < -0.4 is 5.32 Å². The highest BCUT2D eigenvalue weighted by Gasteiger charge is 2.20. The zero-order valence-electron chi connectivity index (χ0n) is 10.6. The molecule has 0 aliphatic heterocycles. The average molecular weight is 335 g/mol. The van der Waals surface area contributed by atoms with Crippen molar-refractivity contribution < 1.29 is 9.72 Å². The Balaban J connectivity index is 2.37. The van der Waals surface area contributed by atoms with Crippen molar-refractivity contribution in [2.45, 2.75) is 6.92 Å². The van der Waals surface area contributed by atoms with Crippen molar-refractivity contribution in [3.8, 4) is 0 Å². The third kappa shape index (κ3) is 3.03. The van der Waals surface area contributed by atoms with Gasteiger partial charge in [0.2, 0.25) is 0 Å². The number of amides is 1. The van der Waals surface area contributed by atoms with Gasteiger partial charge in [0.25, 0.3) is 11.6 Å². The second kappa shape index (κ2) is 5.83. The first kappa shape index (κ1) is 14.2. The van der Waals surface area contributed by atoms with Crippen LogP contribution in [0.3, 0.4) is 0 Å². The van der Waals surface area contributed by atoms with E-state index in [1.54, 1.807) is 31.2 Å². The molecule has 0 saturated heterocycles. The number of hydrogen-bond donors (Lipinski definition) is 1. The monoisotopic (exact) mass is 334 g/mol. The lowest BCUT2D eigenvalue weighted by Gasteiger charge is -2.08. The molecule has 102 valence electrons. The maximum atomic E-state index is 12.2. The lowest BCUT2D eigenvalue weighted by molar-refractivity contribution is -0.385. The molecule has 2 aromatic carbocycles. The lowest BCUT2D eigenvalue weighted by Crippen LogP contribution is -2.14. The van der Waals surface area contributed by atoms with Crippen molar-refractivity contribution >= 4 is 33.2 Å². The van der Waals surface area contributed by atoms with Gasteiger partial charge in [-0.1, -0.05) is 18.2 Å². The van der Waals surface area contributed by atoms with Crippen LogP contribution in [0.2, 0.25) is 0 Å². The number of nitrogens with zero attached hydrogens (tertiary/aromatic N) is 1. The molecule has 0 radical (unpaired) electrons. The predicted octanol–water partition coefficient (Wildman–Crippen LogP) is 3.92.